The molecule has 1 aromatic carbocycles. The molecule has 2 rings (SSSR count). The standard InChI is InChI=1S/C12H10Cl2N2O2S/c1-16(5-11(17)18)12-15-10(6-19-12)7-2-3-8(13)9(14)4-7/h2-4,6H,5H2,1H3,(H,17,18). The van der Waals surface area contributed by atoms with Gasteiger partial charge in [0.05, 0.1) is 15.7 Å². The second-order valence-corrected chi connectivity index (χ2v) is 5.54. The number of carboxylic acids is 1. The number of benzene rings is 1. The van der Waals surface area contributed by atoms with Crippen molar-refractivity contribution < 1.29 is 9.90 Å². The summed E-state index contributed by atoms with van der Waals surface area (Å²) in [6, 6.07) is 5.27. The Morgan fingerprint density at radius 1 is 1.42 bits per heavy atom. The fraction of sp³-hybridized carbons (Fsp3) is 0.167. The molecule has 19 heavy (non-hydrogen) atoms. The third-order valence-electron chi connectivity index (χ3n) is 2.41. The maximum Gasteiger partial charge on any atom is 0.323 e. The highest BCUT2D eigenvalue weighted by atomic mass is 35.5. The van der Waals surface area contributed by atoms with E-state index < -0.39 is 5.97 Å². The molecule has 0 aliphatic heterocycles. The SMILES string of the molecule is CN(CC(=O)O)c1nc(-c2ccc(Cl)c(Cl)c2)cs1. The minimum Gasteiger partial charge on any atom is -0.480 e. The van der Waals surface area contributed by atoms with Crippen molar-refractivity contribution in [2.24, 2.45) is 0 Å². The molecule has 2 aromatic rings. The van der Waals surface area contributed by atoms with Gasteiger partial charge in [-0.1, -0.05) is 29.3 Å². The second kappa shape index (κ2) is 5.77. The van der Waals surface area contributed by atoms with Crippen LogP contribution in [0.2, 0.25) is 10.0 Å². The fourth-order valence-corrected chi connectivity index (χ4v) is 2.60. The molecule has 0 radical (unpaired) electrons. The van der Waals surface area contributed by atoms with Crippen molar-refractivity contribution in [2.45, 2.75) is 0 Å². The van der Waals surface area contributed by atoms with Gasteiger partial charge < -0.3 is 10.0 Å². The van der Waals surface area contributed by atoms with E-state index in [1.165, 1.54) is 11.3 Å². The number of aromatic nitrogens is 1. The van der Waals surface area contributed by atoms with Crippen molar-refractivity contribution in [3.8, 4) is 11.3 Å². The molecule has 7 heteroatoms. The number of carboxylic acid groups (broad SMARTS) is 1. The molecule has 0 saturated carbocycles. The summed E-state index contributed by atoms with van der Waals surface area (Å²) in [6.45, 7) is -0.0890. The summed E-state index contributed by atoms with van der Waals surface area (Å²) in [4.78, 5) is 16.6. The highest BCUT2D eigenvalue weighted by Crippen LogP contribution is 2.31. The van der Waals surface area contributed by atoms with Crippen LogP contribution in [-0.2, 0) is 4.79 Å². The van der Waals surface area contributed by atoms with Crippen LogP contribution in [0.1, 0.15) is 0 Å². The Hall–Kier alpha value is -1.30. The molecule has 4 nitrogen and oxygen atoms in total. The van der Waals surface area contributed by atoms with E-state index in [1.54, 1.807) is 24.1 Å². The van der Waals surface area contributed by atoms with Crippen LogP contribution in [-0.4, -0.2) is 29.7 Å². The molecule has 0 fully saturated rings. The van der Waals surface area contributed by atoms with Gasteiger partial charge in [-0.05, 0) is 12.1 Å². The number of thiazole rings is 1. The van der Waals surface area contributed by atoms with E-state index in [4.69, 9.17) is 28.3 Å². The molecule has 0 spiro atoms. The molecular weight excluding hydrogens is 307 g/mol. The first-order valence-corrected chi connectivity index (χ1v) is 6.95. The van der Waals surface area contributed by atoms with E-state index in [-0.39, 0.29) is 6.54 Å². The van der Waals surface area contributed by atoms with Gasteiger partial charge in [0, 0.05) is 18.0 Å². The molecule has 0 unspecified atom stereocenters. The molecule has 0 aliphatic rings. The zero-order valence-corrected chi connectivity index (χ0v) is 12.3. The third-order valence-corrected chi connectivity index (χ3v) is 4.10. The number of hydrogen-bond donors (Lipinski definition) is 1. The summed E-state index contributed by atoms with van der Waals surface area (Å²) in [6.07, 6.45) is 0. The smallest absolute Gasteiger partial charge is 0.323 e. The van der Waals surface area contributed by atoms with Crippen molar-refractivity contribution in [3.05, 3.63) is 33.6 Å². The first-order chi connectivity index (χ1) is 8.97. The summed E-state index contributed by atoms with van der Waals surface area (Å²) in [5, 5.41) is 12.2. The van der Waals surface area contributed by atoms with Crippen molar-refractivity contribution >= 4 is 45.6 Å². The largest absolute Gasteiger partial charge is 0.480 e. The summed E-state index contributed by atoms with van der Waals surface area (Å²) >= 11 is 13.2. The average molecular weight is 317 g/mol. The van der Waals surface area contributed by atoms with Crippen molar-refractivity contribution in [3.63, 3.8) is 0 Å². The molecule has 0 amide bonds. The third kappa shape index (κ3) is 3.37. The Morgan fingerprint density at radius 2 is 2.16 bits per heavy atom. The van der Waals surface area contributed by atoms with Crippen molar-refractivity contribution in [1.29, 1.82) is 0 Å². The molecule has 0 aliphatic carbocycles. The lowest BCUT2D eigenvalue weighted by atomic mass is 10.2. The monoisotopic (exact) mass is 316 g/mol. The lowest BCUT2D eigenvalue weighted by Gasteiger charge is -2.11. The van der Waals surface area contributed by atoms with Crippen LogP contribution in [0.5, 0.6) is 0 Å². The maximum absolute atomic E-state index is 10.6. The lowest BCUT2D eigenvalue weighted by Crippen LogP contribution is -2.24. The minimum absolute atomic E-state index is 0.0890. The summed E-state index contributed by atoms with van der Waals surface area (Å²) in [5.41, 5.74) is 1.59. The number of carbonyl (C=O) groups is 1. The molecule has 0 atom stereocenters. The van der Waals surface area contributed by atoms with Gasteiger partial charge in [0.15, 0.2) is 5.13 Å². The predicted octanol–water partition coefficient (Wildman–Crippen LogP) is 3.64. The molecule has 100 valence electrons. The summed E-state index contributed by atoms with van der Waals surface area (Å²) in [5.74, 6) is -0.895. The number of aliphatic carboxylic acids is 1. The van der Waals surface area contributed by atoms with Crippen LogP contribution >= 0.6 is 34.5 Å². The van der Waals surface area contributed by atoms with E-state index in [9.17, 15) is 4.79 Å². The Bertz CT molecular complexity index is 616. The van der Waals surface area contributed by atoms with Gasteiger partial charge in [0.25, 0.3) is 0 Å². The van der Waals surface area contributed by atoms with Crippen molar-refractivity contribution in [2.75, 3.05) is 18.5 Å². The molecule has 0 bridgehead atoms. The van der Waals surface area contributed by atoms with Crippen LogP contribution in [0.15, 0.2) is 23.6 Å². The van der Waals surface area contributed by atoms with Gasteiger partial charge in [0.1, 0.15) is 6.54 Å². The summed E-state index contributed by atoms with van der Waals surface area (Å²) < 4.78 is 0. The maximum atomic E-state index is 10.6. The first-order valence-electron chi connectivity index (χ1n) is 5.31. The number of anilines is 1. The Morgan fingerprint density at radius 3 is 2.79 bits per heavy atom. The van der Waals surface area contributed by atoms with E-state index in [0.717, 1.165) is 11.3 Å². The Balaban J connectivity index is 2.25. The summed E-state index contributed by atoms with van der Waals surface area (Å²) in [7, 11) is 1.69. The quantitative estimate of drug-likeness (QED) is 0.935. The first kappa shape index (κ1) is 14.1. The van der Waals surface area contributed by atoms with Crippen LogP contribution < -0.4 is 4.90 Å². The van der Waals surface area contributed by atoms with Crippen LogP contribution in [0.4, 0.5) is 5.13 Å². The van der Waals surface area contributed by atoms with Gasteiger partial charge in [-0.3, -0.25) is 4.79 Å². The van der Waals surface area contributed by atoms with Gasteiger partial charge in [0.2, 0.25) is 0 Å². The number of likely N-dealkylation sites (N-methyl/N-ethyl adjacent to an activating group) is 1. The molecular formula is C12H10Cl2N2O2S. The normalized spacial score (nSPS) is 10.5. The lowest BCUT2D eigenvalue weighted by molar-refractivity contribution is -0.135. The Kier molecular flexibility index (Phi) is 4.29. The fourth-order valence-electron chi connectivity index (χ4n) is 1.50. The highest BCUT2D eigenvalue weighted by Gasteiger charge is 2.11. The number of rotatable bonds is 4. The minimum atomic E-state index is -0.895. The van der Waals surface area contributed by atoms with Crippen LogP contribution in [0.25, 0.3) is 11.3 Å². The van der Waals surface area contributed by atoms with E-state index in [1.807, 2.05) is 11.4 Å². The van der Waals surface area contributed by atoms with Gasteiger partial charge >= 0.3 is 5.97 Å². The molecule has 0 saturated heterocycles. The average Bonchev–Trinajstić information content (AvgIpc) is 2.81. The second-order valence-electron chi connectivity index (χ2n) is 3.89. The Labute approximate surface area is 124 Å². The van der Waals surface area contributed by atoms with Crippen molar-refractivity contribution in [1.82, 2.24) is 4.98 Å². The van der Waals surface area contributed by atoms with Crippen LogP contribution in [0, 0.1) is 0 Å². The molecule has 1 aromatic heterocycles. The highest BCUT2D eigenvalue weighted by molar-refractivity contribution is 7.14. The van der Waals surface area contributed by atoms with E-state index in [0.29, 0.717) is 15.2 Å². The number of halogens is 2. The van der Waals surface area contributed by atoms with Gasteiger partial charge in [-0.15, -0.1) is 11.3 Å². The zero-order chi connectivity index (χ0) is 14.0. The van der Waals surface area contributed by atoms with Gasteiger partial charge in [-0.2, -0.15) is 0 Å². The molecule has 1 heterocycles. The van der Waals surface area contributed by atoms with Gasteiger partial charge in [-0.25, -0.2) is 4.98 Å². The number of hydrogen-bond acceptors (Lipinski definition) is 4. The number of nitrogens with zero attached hydrogens (tertiary/aromatic N) is 2. The zero-order valence-electron chi connectivity index (χ0n) is 9.93. The topological polar surface area (TPSA) is 53.4 Å². The predicted molar refractivity (Wildman–Crippen MR) is 78.5 cm³/mol. The van der Waals surface area contributed by atoms with E-state index >= 15 is 0 Å². The van der Waals surface area contributed by atoms with E-state index in [2.05, 4.69) is 4.98 Å². The molecule has 1 N–H and O–H groups in total. The van der Waals surface area contributed by atoms with Crippen LogP contribution in [0.3, 0.4) is 0 Å².